The molecular weight excluding hydrogens is 288 g/mol. The van der Waals surface area contributed by atoms with Gasteiger partial charge in [-0.1, -0.05) is 18.0 Å². The van der Waals surface area contributed by atoms with Gasteiger partial charge in [-0.2, -0.15) is 0 Å². The van der Waals surface area contributed by atoms with E-state index in [0.717, 1.165) is 18.9 Å². The highest BCUT2D eigenvalue weighted by molar-refractivity contribution is 6.29. The third-order valence-corrected chi connectivity index (χ3v) is 4.68. The molecule has 2 aliphatic heterocycles. The smallest absolute Gasteiger partial charge is 0.158 e. The summed E-state index contributed by atoms with van der Waals surface area (Å²) in [6, 6.07) is 2.96. The Morgan fingerprint density at radius 3 is 3.00 bits per heavy atom. The van der Waals surface area contributed by atoms with E-state index in [1.54, 1.807) is 7.11 Å². The van der Waals surface area contributed by atoms with Gasteiger partial charge in [0.2, 0.25) is 0 Å². The Balaban J connectivity index is 1.82. The van der Waals surface area contributed by atoms with Crippen molar-refractivity contribution in [3.8, 4) is 0 Å². The van der Waals surface area contributed by atoms with Gasteiger partial charge in [0.1, 0.15) is 17.6 Å². The lowest BCUT2D eigenvalue weighted by atomic mass is 9.97. The zero-order valence-electron chi connectivity index (χ0n) is 12.8. The summed E-state index contributed by atoms with van der Waals surface area (Å²) in [5, 5.41) is 0.491. The van der Waals surface area contributed by atoms with Crippen molar-refractivity contribution in [2.45, 2.75) is 44.9 Å². The maximum atomic E-state index is 6.15. The van der Waals surface area contributed by atoms with E-state index in [9.17, 15) is 0 Å². The summed E-state index contributed by atoms with van der Waals surface area (Å²) in [7, 11) is 1.65. The second-order valence-electron chi connectivity index (χ2n) is 6.04. The van der Waals surface area contributed by atoms with Crippen LogP contribution in [0.25, 0.3) is 0 Å². The van der Waals surface area contributed by atoms with E-state index in [1.807, 2.05) is 6.07 Å². The Bertz CT molecular complexity index is 499. The van der Waals surface area contributed by atoms with E-state index >= 15 is 0 Å². The minimum Gasteiger partial charge on any atom is -0.377 e. The number of piperazine rings is 1. The quantitative estimate of drug-likeness (QED) is 0.802. The molecule has 116 valence electrons. The molecule has 3 rings (SSSR count). The van der Waals surface area contributed by atoms with Gasteiger partial charge in [0.05, 0.1) is 0 Å². The second-order valence-corrected chi connectivity index (χ2v) is 6.43. The topological polar surface area (TPSA) is 41.5 Å². The van der Waals surface area contributed by atoms with Crippen molar-refractivity contribution in [3.05, 3.63) is 17.0 Å². The molecule has 2 aliphatic rings. The fourth-order valence-corrected chi connectivity index (χ4v) is 3.66. The second kappa shape index (κ2) is 6.46. The first-order valence-electron chi connectivity index (χ1n) is 7.70. The summed E-state index contributed by atoms with van der Waals surface area (Å²) in [5.41, 5.74) is 0. The molecule has 0 aromatic carbocycles. The summed E-state index contributed by atoms with van der Waals surface area (Å²) in [4.78, 5) is 13.8. The Kier molecular flexibility index (Phi) is 4.62. The molecule has 6 heteroatoms. The molecule has 2 fully saturated rings. The summed E-state index contributed by atoms with van der Waals surface area (Å²) < 4.78 is 5.13. The van der Waals surface area contributed by atoms with Crippen LogP contribution in [-0.2, 0) is 11.3 Å². The van der Waals surface area contributed by atoms with Gasteiger partial charge in [-0.25, -0.2) is 9.97 Å². The fraction of sp³-hybridized carbons (Fsp3) is 0.733. The van der Waals surface area contributed by atoms with E-state index in [1.165, 1.54) is 25.8 Å². The number of aromatic nitrogens is 2. The Morgan fingerprint density at radius 1 is 1.33 bits per heavy atom. The monoisotopic (exact) mass is 310 g/mol. The molecule has 0 saturated carbocycles. The number of piperidine rings is 1. The van der Waals surface area contributed by atoms with E-state index < -0.39 is 0 Å². The molecular formula is C15H23ClN4O. The van der Waals surface area contributed by atoms with Crippen LogP contribution < -0.4 is 4.90 Å². The fourth-order valence-electron chi connectivity index (χ4n) is 3.46. The van der Waals surface area contributed by atoms with Crippen LogP contribution in [0.4, 0.5) is 5.82 Å². The molecule has 1 aromatic heterocycles. The first-order chi connectivity index (χ1) is 10.2. The van der Waals surface area contributed by atoms with Gasteiger partial charge in [0.25, 0.3) is 0 Å². The molecule has 0 radical (unpaired) electrons. The molecule has 5 nitrogen and oxygen atoms in total. The molecule has 0 spiro atoms. The van der Waals surface area contributed by atoms with Gasteiger partial charge in [-0.3, -0.25) is 4.90 Å². The predicted octanol–water partition coefficient (Wildman–Crippen LogP) is 2.34. The van der Waals surface area contributed by atoms with Crippen LogP contribution in [0.3, 0.4) is 0 Å². The highest BCUT2D eigenvalue weighted by atomic mass is 35.5. The van der Waals surface area contributed by atoms with Gasteiger partial charge in [-0.15, -0.1) is 0 Å². The molecule has 21 heavy (non-hydrogen) atoms. The summed E-state index contributed by atoms with van der Waals surface area (Å²) >= 11 is 6.15. The summed E-state index contributed by atoms with van der Waals surface area (Å²) in [5.74, 6) is 1.58. The molecule has 2 saturated heterocycles. The molecule has 2 unspecified atom stereocenters. The lowest BCUT2D eigenvalue weighted by Crippen LogP contribution is -2.59. The van der Waals surface area contributed by atoms with Crippen molar-refractivity contribution >= 4 is 17.4 Å². The van der Waals surface area contributed by atoms with Gasteiger partial charge in [0, 0.05) is 38.3 Å². The molecule has 2 atom stereocenters. The van der Waals surface area contributed by atoms with Crippen LogP contribution in [0, 0.1) is 0 Å². The van der Waals surface area contributed by atoms with Crippen molar-refractivity contribution in [1.82, 2.24) is 14.9 Å². The number of fused-ring (bicyclic) bond motifs is 1. The molecule has 0 amide bonds. The molecule has 0 aliphatic carbocycles. The molecule has 1 aromatic rings. The number of hydrogen-bond acceptors (Lipinski definition) is 5. The van der Waals surface area contributed by atoms with Crippen LogP contribution >= 0.6 is 11.6 Å². The largest absolute Gasteiger partial charge is 0.377 e. The average molecular weight is 311 g/mol. The third-order valence-electron chi connectivity index (χ3n) is 4.48. The molecule has 3 heterocycles. The number of nitrogens with zero attached hydrogens (tertiary/aromatic N) is 4. The van der Waals surface area contributed by atoms with E-state index in [4.69, 9.17) is 16.3 Å². The number of hydrogen-bond donors (Lipinski definition) is 0. The minimum absolute atomic E-state index is 0.394. The Hall–Kier alpha value is -0.910. The van der Waals surface area contributed by atoms with Crippen LogP contribution in [0.5, 0.6) is 0 Å². The van der Waals surface area contributed by atoms with Gasteiger partial charge < -0.3 is 9.64 Å². The maximum absolute atomic E-state index is 6.15. The van der Waals surface area contributed by atoms with Gasteiger partial charge in [-0.05, 0) is 26.3 Å². The lowest BCUT2D eigenvalue weighted by molar-refractivity contribution is 0.115. The molecule has 0 bridgehead atoms. The van der Waals surface area contributed by atoms with Crippen molar-refractivity contribution in [3.63, 3.8) is 0 Å². The van der Waals surface area contributed by atoms with Crippen LogP contribution in [0.2, 0.25) is 5.15 Å². The number of anilines is 1. The number of rotatable bonds is 3. The highest BCUT2D eigenvalue weighted by Crippen LogP contribution is 2.28. The third kappa shape index (κ3) is 3.30. The Labute approximate surface area is 131 Å². The predicted molar refractivity (Wildman–Crippen MR) is 83.8 cm³/mol. The van der Waals surface area contributed by atoms with Crippen molar-refractivity contribution in [2.24, 2.45) is 0 Å². The number of ether oxygens (including phenoxy) is 1. The zero-order chi connectivity index (χ0) is 14.8. The zero-order valence-corrected chi connectivity index (χ0v) is 13.5. The van der Waals surface area contributed by atoms with E-state index in [0.29, 0.717) is 29.7 Å². The van der Waals surface area contributed by atoms with Crippen LogP contribution in [0.1, 0.15) is 32.0 Å². The minimum atomic E-state index is 0.394. The number of halogens is 1. The number of methoxy groups -OCH3 is 1. The van der Waals surface area contributed by atoms with Gasteiger partial charge >= 0.3 is 0 Å². The SMILES string of the molecule is COCc1nc(Cl)cc(N2CC3CCCCN3CC2C)n1. The summed E-state index contributed by atoms with van der Waals surface area (Å²) in [6.45, 7) is 6.03. The van der Waals surface area contributed by atoms with Crippen LogP contribution in [-0.4, -0.2) is 53.7 Å². The first kappa shape index (κ1) is 15.0. The maximum Gasteiger partial charge on any atom is 0.158 e. The molecule has 0 N–H and O–H groups in total. The van der Waals surface area contributed by atoms with Crippen molar-refractivity contribution in [2.75, 3.05) is 31.6 Å². The van der Waals surface area contributed by atoms with Gasteiger partial charge in [0.15, 0.2) is 5.82 Å². The Morgan fingerprint density at radius 2 is 2.19 bits per heavy atom. The summed E-state index contributed by atoms with van der Waals surface area (Å²) in [6.07, 6.45) is 3.95. The van der Waals surface area contributed by atoms with Crippen molar-refractivity contribution < 1.29 is 4.74 Å². The average Bonchev–Trinajstić information content (AvgIpc) is 2.46. The standard InChI is InChI=1S/C15H23ClN4O/c1-11-8-19-6-4-3-5-12(19)9-20(11)15-7-13(16)17-14(18-15)10-21-2/h7,11-12H,3-6,8-10H2,1-2H3. The lowest BCUT2D eigenvalue weighted by Gasteiger charge is -2.48. The van der Waals surface area contributed by atoms with Crippen molar-refractivity contribution in [1.29, 1.82) is 0 Å². The first-order valence-corrected chi connectivity index (χ1v) is 8.08. The van der Waals surface area contributed by atoms with E-state index in [2.05, 4.69) is 26.7 Å². The van der Waals surface area contributed by atoms with Crippen LogP contribution in [0.15, 0.2) is 6.07 Å². The van der Waals surface area contributed by atoms with E-state index in [-0.39, 0.29) is 0 Å². The normalized spacial score (nSPS) is 26.7. The highest BCUT2D eigenvalue weighted by Gasteiger charge is 2.33.